The maximum Gasteiger partial charge on any atom is 0.226 e. The van der Waals surface area contributed by atoms with Gasteiger partial charge in [0.2, 0.25) is 5.89 Å². The van der Waals surface area contributed by atoms with Crippen molar-refractivity contribution in [3.63, 3.8) is 0 Å². The molecule has 0 spiro atoms. The summed E-state index contributed by atoms with van der Waals surface area (Å²) in [4.78, 5) is 4.05. The summed E-state index contributed by atoms with van der Waals surface area (Å²) in [6.45, 7) is 1.81. The topological polar surface area (TPSA) is 26.0 Å². The first kappa shape index (κ1) is 9.40. The third kappa shape index (κ3) is 1.70. The van der Waals surface area contributed by atoms with Crippen molar-refractivity contribution < 1.29 is 8.81 Å². The van der Waals surface area contributed by atoms with Gasteiger partial charge < -0.3 is 4.42 Å². The van der Waals surface area contributed by atoms with Crippen LogP contribution in [0.25, 0.3) is 11.5 Å². The van der Waals surface area contributed by atoms with Gasteiger partial charge in [0, 0.05) is 5.56 Å². The minimum Gasteiger partial charge on any atom is -0.441 e. The van der Waals surface area contributed by atoms with Gasteiger partial charge in [0.25, 0.3) is 0 Å². The summed E-state index contributed by atoms with van der Waals surface area (Å²) in [5.74, 6) is 0.945. The Kier molecular flexibility index (Phi) is 2.37. The fourth-order valence-electron chi connectivity index (χ4n) is 1.12. The van der Waals surface area contributed by atoms with Crippen LogP contribution in [0.4, 0.5) is 4.39 Å². The van der Waals surface area contributed by atoms with E-state index in [2.05, 4.69) is 20.9 Å². The Bertz CT molecular complexity index is 467. The van der Waals surface area contributed by atoms with Gasteiger partial charge in [-0.15, -0.1) is 0 Å². The average molecular weight is 256 g/mol. The highest BCUT2D eigenvalue weighted by Crippen LogP contribution is 2.24. The largest absolute Gasteiger partial charge is 0.441 e. The van der Waals surface area contributed by atoms with Crippen LogP contribution in [-0.2, 0) is 0 Å². The van der Waals surface area contributed by atoms with Crippen LogP contribution < -0.4 is 0 Å². The van der Waals surface area contributed by atoms with Crippen LogP contribution in [0.15, 0.2) is 33.3 Å². The summed E-state index contributed by atoms with van der Waals surface area (Å²) in [5.41, 5.74) is 0.756. The fraction of sp³-hybridized carbons (Fsp3) is 0.100. The number of hydrogen-bond donors (Lipinski definition) is 0. The maximum absolute atomic E-state index is 12.9. The first-order chi connectivity index (χ1) is 6.66. The molecule has 0 radical (unpaired) electrons. The van der Waals surface area contributed by atoms with Crippen molar-refractivity contribution in [1.29, 1.82) is 0 Å². The predicted octanol–water partition coefficient (Wildman–Crippen LogP) is 3.55. The third-order valence-corrected chi connectivity index (χ3v) is 2.40. The van der Waals surface area contributed by atoms with E-state index in [4.69, 9.17) is 4.42 Å². The summed E-state index contributed by atoms with van der Waals surface area (Å²) in [5, 5.41) is 0. The van der Waals surface area contributed by atoms with Crippen LogP contribution >= 0.6 is 15.9 Å². The summed E-state index contributed by atoms with van der Waals surface area (Å²) in [6.07, 6.45) is 1.63. The van der Waals surface area contributed by atoms with Crippen molar-refractivity contribution in [1.82, 2.24) is 4.98 Å². The zero-order valence-electron chi connectivity index (χ0n) is 7.42. The second-order valence-corrected chi connectivity index (χ2v) is 3.76. The van der Waals surface area contributed by atoms with Crippen LogP contribution in [0.2, 0.25) is 0 Å². The standard InChI is InChI=1S/C10H7BrFNO/c1-6-5-13-10(14-6)7-2-3-9(12)8(11)4-7/h2-5H,1H3. The molecule has 0 bridgehead atoms. The van der Waals surface area contributed by atoms with E-state index in [0.29, 0.717) is 10.4 Å². The number of aryl methyl sites for hydroxylation is 1. The lowest BCUT2D eigenvalue weighted by Crippen LogP contribution is -1.80. The van der Waals surface area contributed by atoms with E-state index in [9.17, 15) is 4.39 Å². The highest BCUT2D eigenvalue weighted by Gasteiger charge is 2.06. The Morgan fingerprint density at radius 1 is 1.43 bits per heavy atom. The first-order valence-corrected chi connectivity index (χ1v) is 4.84. The number of halogens is 2. The zero-order valence-corrected chi connectivity index (χ0v) is 9.01. The smallest absolute Gasteiger partial charge is 0.226 e. The molecule has 0 fully saturated rings. The molecule has 0 amide bonds. The van der Waals surface area contributed by atoms with Gasteiger partial charge in [-0.25, -0.2) is 9.37 Å². The van der Waals surface area contributed by atoms with E-state index in [1.54, 1.807) is 18.3 Å². The molecule has 0 saturated carbocycles. The molecule has 0 unspecified atom stereocenters. The Hall–Kier alpha value is -1.16. The third-order valence-electron chi connectivity index (χ3n) is 1.79. The van der Waals surface area contributed by atoms with Crippen LogP contribution in [-0.4, -0.2) is 4.98 Å². The van der Waals surface area contributed by atoms with Crippen LogP contribution in [0.3, 0.4) is 0 Å². The number of hydrogen-bond acceptors (Lipinski definition) is 2. The molecule has 0 aliphatic carbocycles. The SMILES string of the molecule is Cc1cnc(-c2ccc(F)c(Br)c2)o1. The lowest BCUT2D eigenvalue weighted by atomic mass is 10.2. The molecule has 0 atom stereocenters. The van der Waals surface area contributed by atoms with Gasteiger partial charge in [-0.3, -0.25) is 0 Å². The first-order valence-electron chi connectivity index (χ1n) is 4.04. The second kappa shape index (κ2) is 3.53. The molecular formula is C10H7BrFNO. The molecule has 2 rings (SSSR count). The molecule has 72 valence electrons. The van der Waals surface area contributed by atoms with Crippen molar-refractivity contribution in [2.75, 3.05) is 0 Å². The highest BCUT2D eigenvalue weighted by atomic mass is 79.9. The highest BCUT2D eigenvalue weighted by molar-refractivity contribution is 9.10. The van der Waals surface area contributed by atoms with E-state index in [1.807, 2.05) is 6.92 Å². The summed E-state index contributed by atoms with van der Waals surface area (Å²) >= 11 is 3.11. The Morgan fingerprint density at radius 2 is 2.21 bits per heavy atom. The molecule has 14 heavy (non-hydrogen) atoms. The van der Waals surface area contributed by atoms with Crippen molar-refractivity contribution >= 4 is 15.9 Å². The van der Waals surface area contributed by atoms with E-state index in [1.165, 1.54) is 6.07 Å². The van der Waals surface area contributed by atoms with Crippen LogP contribution in [0.1, 0.15) is 5.76 Å². The lowest BCUT2D eigenvalue weighted by molar-refractivity contribution is 0.542. The number of benzene rings is 1. The maximum atomic E-state index is 12.9. The Labute approximate surface area is 88.9 Å². The molecule has 0 aliphatic heterocycles. The van der Waals surface area contributed by atoms with Gasteiger partial charge in [-0.05, 0) is 41.1 Å². The molecule has 0 N–H and O–H groups in total. The minimum absolute atomic E-state index is 0.294. The number of rotatable bonds is 1. The predicted molar refractivity (Wildman–Crippen MR) is 54.3 cm³/mol. The van der Waals surface area contributed by atoms with Gasteiger partial charge in [0.15, 0.2) is 0 Å². The molecule has 1 aromatic heterocycles. The van der Waals surface area contributed by atoms with E-state index in [0.717, 1.165) is 11.3 Å². The molecule has 1 aromatic carbocycles. The lowest BCUT2D eigenvalue weighted by Gasteiger charge is -1.97. The molecular weight excluding hydrogens is 249 g/mol. The Morgan fingerprint density at radius 3 is 2.79 bits per heavy atom. The summed E-state index contributed by atoms with van der Waals surface area (Å²) in [7, 11) is 0. The van der Waals surface area contributed by atoms with Crippen molar-refractivity contribution in [2.24, 2.45) is 0 Å². The number of aromatic nitrogens is 1. The summed E-state index contributed by atoms with van der Waals surface area (Å²) in [6, 6.07) is 4.64. The number of nitrogens with zero attached hydrogens (tertiary/aromatic N) is 1. The van der Waals surface area contributed by atoms with E-state index < -0.39 is 0 Å². The van der Waals surface area contributed by atoms with E-state index in [-0.39, 0.29) is 5.82 Å². The van der Waals surface area contributed by atoms with Gasteiger partial charge in [-0.1, -0.05) is 0 Å². The number of oxazole rings is 1. The normalized spacial score (nSPS) is 10.5. The van der Waals surface area contributed by atoms with Crippen LogP contribution in [0.5, 0.6) is 0 Å². The van der Waals surface area contributed by atoms with Crippen molar-refractivity contribution in [3.05, 3.63) is 40.4 Å². The molecule has 4 heteroatoms. The summed E-state index contributed by atoms with van der Waals surface area (Å²) < 4.78 is 18.6. The van der Waals surface area contributed by atoms with Gasteiger partial charge in [0.1, 0.15) is 11.6 Å². The van der Waals surface area contributed by atoms with Crippen molar-refractivity contribution in [3.8, 4) is 11.5 Å². The molecule has 2 nitrogen and oxygen atoms in total. The Balaban J connectivity index is 2.47. The molecule has 0 saturated heterocycles. The van der Waals surface area contributed by atoms with Crippen LogP contribution in [0, 0.1) is 12.7 Å². The second-order valence-electron chi connectivity index (χ2n) is 2.90. The molecule has 1 heterocycles. The fourth-order valence-corrected chi connectivity index (χ4v) is 1.50. The van der Waals surface area contributed by atoms with Gasteiger partial charge in [0.05, 0.1) is 10.7 Å². The molecule has 2 aromatic rings. The zero-order chi connectivity index (χ0) is 10.1. The van der Waals surface area contributed by atoms with Crippen molar-refractivity contribution in [2.45, 2.75) is 6.92 Å². The van der Waals surface area contributed by atoms with E-state index >= 15 is 0 Å². The van der Waals surface area contributed by atoms with Gasteiger partial charge >= 0.3 is 0 Å². The quantitative estimate of drug-likeness (QED) is 0.779. The average Bonchev–Trinajstić information content (AvgIpc) is 2.57. The van der Waals surface area contributed by atoms with Gasteiger partial charge in [-0.2, -0.15) is 0 Å². The minimum atomic E-state index is -0.294. The molecule has 0 aliphatic rings. The monoisotopic (exact) mass is 255 g/mol.